The largest absolute Gasteiger partial charge is 0.481 e. The Kier molecular flexibility index (Phi) is 5.98. The van der Waals surface area contributed by atoms with Crippen LogP contribution in [-0.4, -0.2) is 25.6 Å². The van der Waals surface area contributed by atoms with Crippen molar-refractivity contribution in [2.45, 2.75) is 32.4 Å². The van der Waals surface area contributed by atoms with Gasteiger partial charge in [-0.3, -0.25) is 14.2 Å². The number of aromatic nitrogens is 3. The van der Waals surface area contributed by atoms with Gasteiger partial charge in [-0.2, -0.15) is 0 Å². The molecule has 0 radical (unpaired) electrons. The predicted octanol–water partition coefficient (Wildman–Crippen LogP) is 4.16. The number of nitrogens with zero attached hydrogens (tertiary/aromatic N) is 3. The molecule has 27 heavy (non-hydrogen) atoms. The highest BCUT2D eigenvalue weighted by Crippen LogP contribution is 2.34. The number of halogens is 2. The van der Waals surface area contributed by atoms with Gasteiger partial charge < -0.3 is 9.84 Å². The molecule has 0 amide bonds. The number of carbonyl (C=O) groups is 1. The van der Waals surface area contributed by atoms with Crippen LogP contribution in [0.25, 0.3) is 10.2 Å². The summed E-state index contributed by atoms with van der Waals surface area (Å²) in [6, 6.07) is 3.29. The Morgan fingerprint density at radius 3 is 2.67 bits per heavy atom. The van der Waals surface area contributed by atoms with E-state index in [1.54, 1.807) is 12.1 Å². The number of ether oxygens (including phenoxy) is 1. The lowest BCUT2D eigenvalue weighted by Crippen LogP contribution is -2.15. The summed E-state index contributed by atoms with van der Waals surface area (Å²) < 4.78 is 8.05. The number of thiazole rings is 1. The van der Waals surface area contributed by atoms with Gasteiger partial charge in [0.15, 0.2) is 11.9 Å². The lowest BCUT2D eigenvalue weighted by molar-refractivity contribution is -0.137. The Morgan fingerprint density at radius 1 is 1.33 bits per heavy atom. The zero-order chi connectivity index (χ0) is 19.6. The van der Waals surface area contributed by atoms with Gasteiger partial charge in [-0.25, -0.2) is 9.97 Å². The standard InChI is InChI=1S/C17H15Cl2N3O4S/c1-2-12(16-20-7-9(18)8-21-16)26-13-6-14-11(5-10(13)19)22(17(25)27-14)4-3-15(23)24/h5-8,12H,2-4H2,1H3,(H,23,24)/t12-/m1/s1. The molecule has 1 aromatic carbocycles. The third-order valence-corrected chi connectivity index (χ3v) is 5.27. The van der Waals surface area contributed by atoms with Crippen LogP contribution in [0.3, 0.4) is 0 Å². The summed E-state index contributed by atoms with van der Waals surface area (Å²) in [5, 5.41) is 9.59. The predicted molar refractivity (Wildman–Crippen MR) is 104 cm³/mol. The average Bonchev–Trinajstić information content (AvgIpc) is 2.93. The molecular formula is C17H15Cl2N3O4S. The van der Waals surface area contributed by atoms with Crippen molar-refractivity contribution >= 4 is 50.7 Å². The molecule has 10 heteroatoms. The first-order chi connectivity index (χ1) is 12.9. The number of rotatable bonds is 7. The molecule has 0 saturated carbocycles. The van der Waals surface area contributed by atoms with E-state index >= 15 is 0 Å². The van der Waals surface area contributed by atoms with Gasteiger partial charge in [-0.05, 0) is 12.5 Å². The van der Waals surface area contributed by atoms with Crippen LogP contribution in [-0.2, 0) is 11.3 Å². The van der Waals surface area contributed by atoms with Crippen LogP contribution in [0.15, 0.2) is 29.3 Å². The normalized spacial score (nSPS) is 12.3. The summed E-state index contributed by atoms with van der Waals surface area (Å²) in [6.45, 7) is 2.01. The third-order valence-electron chi connectivity index (χ3n) is 3.84. The van der Waals surface area contributed by atoms with Gasteiger partial charge in [-0.15, -0.1) is 0 Å². The van der Waals surface area contributed by atoms with E-state index in [1.165, 1.54) is 17.0 Å². The summed E-state index contributed by atoms with van der Waals surface area (Å²) >= 11 is 13.2. The van der Waals surface area contributed by atoms with Crippen molar-refractivity contribution in [1.29, 1.82) is 0 Å². The van der Waals surface area contributed by atoms with E-state index in [9.17, 15) is 9.59 Å². The minimum Gasteiger partial charge on any atom is -0.481 e. The topological polar surface area (TPSA) is 94.3 Å². The molecule has 3 aromatic rings. The fourth-order valence-electron chi connectivity index (χ4n) is 2.53. The number of carboxylic acids is 1. The fraction of sp³-hybridized carbons (Fsp3) is 0.294. The molecule has 0 spiro atoms. The number of hydrogen-bond donors (Lipinski definition) is 1. The second-order valence-electron chi connectivity index (χ2n) is 5.69. The highest BCUT2D eigenvalue weighted by Gasteiger charge is 2.18. The maximum atomic E-state index is 12.2. The van der Waals surface area contributed by atoms with Gasteiger partial charge in [0.1, 0.15) is 5.75 Å². The monoisotopic (exact) mass is 427 g/mol. The van der Waals surface area contributed by atoms with Crippen molar-refractivity contribution in [3.05, 3.63) is 50.1 Å². The quantitative estimate of drug-likeness (QED) is 0.607. The van der Waals surface area contributed by atoms with E-state index in [-0.39, 0.29) is 17.8 Å². The number of benzene rings is 1. The molecule has 0 saturated heterocycles. The summed E-state index contributed by atoms with van der Waals surface area (Å²) in [5.74, 6) is -0.0902. The zero-order valence-electron chi connectivity index (χ0n) is 14.2. The van der Waals surface area contributed by atoms with Crippen LogP contribution in [0, 0.1) is 0 Å². The Bertz CT molecular complexity index is 1030. The van der Waals surface area contributed by atoms with Crippen molar-refractivity contribution in [3.8, 4) is 5.75 Å². The summed E-state index contributed by atoms with van der Waals surface area (Å²) in [5.41, 5.74) is 0.583. The maximum absolute atomic E-state index is 12.2. The molecule has 3 rings (SSSR count). The lowest BCUT2D eigenvalue weighted by atomic mass is 10.2. The molecular weight excluding hydrogens is 413 g/mol. The molecule has 0 aliphatic heterocycles. The van der Waals surface area contributed by atoms with Gasteiger partial charge >= 0.3 is 10.8 Å². The number of aryl methyl sites for hydroxylation is 1. The zero-order valence-corrected chi connectivity index (χ0v) is 16.5. The van der Waals surface area contributed by atoms with E-state index in [4.69, 9.17) is 33.0 Å². The van der Waals surface area contributed by atoms with E-state index in [0.717, 1.165) is 11.3 Å². The van der Waals surface area contributed by atoms with Crippen LogP contribution in [0.2, 0.25) is 10.0 Å². The van der Waals surface area contributed by atoms with Crippen LogP contribution in [0.1, 0.15) is 31.7 Å². The van der Waals surface area contributed by atoms with Crippen molar-refractivity contribution in [2.24, 2.45) is 0 Å². The third kappa shape index (κ3) is 4.40. The molecule has 0 fully saturated rings. The van der Waals surface area contributed by atoms with E-state index in [2.05, 4.69) is 9.97 Å². The fourth-order valence-corrected chi connectivity index (χ4v) is 3.76. The van der Waals surface area contributed by atoms with Crippen LogP contribution in [0.5, 0.6) is 5.75 Å². The molecule has 1 N–H and O–H groups in total. The minimum absolute atomic E-state index is 0.0842. The van der Waals surface area contributed by atoms with Crippen LogP contribution < -0.4 is 9.61 Å². The van der Waals surface area contributed by atoms with E-state index in [1.807, 2.05) is 6.92 Å². The molecule has 0 aliphatic carbocycles. The van der Waals surface area contributed by atoms with Crippen molar-refractivity contribution in [3.63, 3.8) is 0 Å². The summed E-state index contributed by atoms with van der Waals surface area (Å²) in [6.07, 6.45) is 3.02. The second-order valence-corrected chi connectivity index (χ2v) is 7.52. The first-order valence-corrected chi connectivity index (χ1v) is 9.65. The van der Waals surface area contributed by atoms with Gasteiger partial charge in [-0.1, -0.05) is 41.5 Å². The molecule has 1 atom stereocenters. The maximum Gasteiger partial charge on any atom is 0.308 e. The molecule has 0 bridgehead atoms. The highest BCUT2D eigenvalue weighted by atomic mass is 35.5. The van der Waals surface area contributed by atoms with Crippen LogP contribution >= 0.6 is 34.5 Å². The van der Waals surface area contributed by atoms with Gasteiger partial charge in [0.05, 0.1) is 26.7 Å². The number of hydrogen-bond acceptors (Lipinski definition) is 6. The van der Waals surface area contributed by atoms with Gasteiger partial charge in [0.2, 0.25) is 0 Å². The average molecular weight is 428 g/mol. The second kappa shape index (κ2) is 8.24. The Morgan fingerprint density at radius 2 is 2.04 bits per heavy atom. The molecule has 2 aromatic heterocycles. The Labute approximate surface area is 168 Å². The van der Waals surface area contributed by atoms with E-state index in [0.29, 0.717) is 38.3 Å². The van der Waals surface area contributed by atoms with Gasteiger partial charge in [0.25, 0.3) is 0 Å². The van der Waals surface area contributed by atoms with Crippen molar-refractivity contribution in [1.82, 2.24) is 14.5 Å². The molecule has 7 nitrogen and oxygen atoms in total. The van der Waals surface area contributed by atoms with E-state index < -0.39 is 12.1 Å². The Hall–Kier alpha value is -2.16. The number of fused-ring (bicyclic) bond motifs is 1. The molecule has 142 valence electrons. The van der Waals surface area contributed by atoms with Crippen LogP contribution in [0.4, 0.5) is 0 Å². The Balaban J connectivity index is 1.93. The van der Waals surface area contributed by atoms with Crippen molar-refractivity contribution < 1.29 is 14.6 Å². The first kappa shape index (κ1) is 19.6. The first-order valence-electron chi connectivity index (χ1n) is 8.07. The smallest absolute Gasteiger partial charge is 0.308 e. The SMILES string of the molecule is CC[C@@H](Oc1cc2sc(=O)n(CCC(=O)O)c2cc1Cl)c1ncc(Cl)cn1. The number of aliphatic carboxylic acids is 1. The molecule has 0 aliphatic rings. The minimum atomic E-state index is -0.971. The molecule has 2 heterocycles. The van der Waals surface area contributed by atoms with Crippen molar-refractivity contribution in [2.75, 3.05) is 0 Å². The number of carboxylic acid groups (broad SMARTS) is 1. The summed E-state index contributed by atoms with van der Waals surface area (Å²) in [4.78, 5) is 31.1. The lowest BCUT2D eigenvalue weighted by Gasteiger charge is -2.17. The highest BCUT2D eigenvalue weighted by molar-refractivity contribution is 7.16. The summed E-state index contributed by atoms with van der Waals surface area (Å²) in [7, 11) is 0. The van der Waals surface area contributed by atoms with Gasteiger partial charge in [0, 0.05) is 25.0 Å². The molecule has 0 unspecified atom stereocenters.